The Morgan fingerprint density at radius 3 is 2.24 bits per heavy atom. The second-order valence-electron chi connectivity index (χ2n) is 8.17. The minimum absolute atomic E-state index is 0.164. The van der Waals surface area contributed by atoms with Crippen molar-refractivity contribution in [3.63, 3.8) is 0 Å². The van der Waals surface area contributed by atoms with E-state index >= 15 is 0 Å². The van der Waals surface area contributed by atoms with Gasteiger partial charge in [-0.3, -0.25) is 4.79 Å². The van der Waals surface area contributed by atoms with Crippen molar-refractivity contribution in [3.8, 4) is 0 Å². The molecule has 0 saturated heterocycles. The van der Waals surface area contributed by atoms with Crippen LogP contribution in [0.1, 0.15) is 42.0 Å². The molecule has 0 aliphatic carbocycles. The highest BCUT2D eigenvalue weighted by Gasteiger charge is 2.36. The van der Waals surface area contributed by atoms with Crippen LogP contribution in [0.4, 0.5) is 4.79 Å². The maximum Gasteiger partial charge on any atom is 0.341 e. The van der Waals surface area contributed by atoms with Gasteiger partial charge in [0.1, 0.15) is 5.92 Å². The van der Waals surface area contributed by atoms with Crippen LogP contribution in [0.25, 0.3) is 0 Å². The molecular formula is C27H26ClN3O2. The molecule has 33 heavy (non-hydrogen) atoms. The number of benzene rings is 3. The second-order valence-corrected chi connectivity index (χ2v) is 8.60. The number of rotatable bonds is 7. The molecule has 1 heterocycles. The summed E-state index contributed by atoms with van der Waals surface area (Å²) in [7, 11) is 0. The third-order valence-electron chi connectivity index (χ3n) is 5.97. The smallest absolute Gasteiger partial charge is 0.341 e. The van der Waals surface area contributed by atoms with Crippen LogP contribution >= 0.6 is 11.6 Å². The van der Waals surface area contributed by atoms with Crippen LogP contribution in [0, 0.1) is 5.92 Å². The predicted molar refractivity (Wildman–Crippen MR) is 132 cm³/mol. The Balaban J connectivity index is 1.50. The number of hydrogen-bond donors (Lipinski definition) is 2. The first kappa shape index (κ1) is 22.7. The van der Waals surface area contributed by atoms with Gasteiger partial charge in [-0.25, -0.2) is 9.79 Å². The first-order chi connectivity index (χ1) is 16.0. The van der Waals surface area contributed by atoms with Crippen molar-refractivity contribution in [2.75, 3.05) is 6.54 Å². The lowest BCUT2D eigenvalue weighted by Crippen LogP contribution is -2.47. The van der Waals surface area contributed by atoms with E-state index in [9.17, 15) is 9.59 Å². The summed E-state index contributed by atoms with van der Waals surface area (Å²) >= 11 is 6.16. The molecule has 2 atom stereocenters. The zero-order chi connectivity index (χ0) is 23.2. The highest BCUT2D eigenvalue weighted by Crippen LogP contribution is 2.30. The summed E-state index contributed by atoms with van der Waals surface area (Å²) in [6.07, 6.45) is 0.747. The molecule has 3 aromatic rings. The molecule has 4 rings (SSSR count). The normalized spacial score (nSPS) is 17.9. The fourth-order valence-corrected chi connectivity index (χ4v) is 4.58. The molecule has 1 aliphatic heterocycles. The van der Waals surface area contributed by atoms with Gasteiger partial charge in [0, 0.05) is 23.2 Å². The molecule has 1 aliphatic rings. The van der Waals surface area contributed by atoms with Crippen molar-refractivity contribution in [2.45, 2.75) is 25.3 Å². The Kier molecular flexibility index (Phi) is 7.20. The molecule has 2 N–H and O–H groups in total. The van der Waals surface area contributed by atoms with Gasteiger partial charge in [0.25, 0.3) is 0 Å². The average molecular weight is 460 g/mol. The maximum absolute atomic E-state index is 13.3. The zero-order valence-corrected chi connectivity index (χ0v) is 19.1. The molecular weight excluding hydrogens is 434 g/mol. The molecule has 0 spiro atoms. The topological polar surface area (TPSA) is 70.6 Å². The molecule has 0 aromatic heterocycles. The minimum atomic E-state index is -0.604. The fraction of sp³-hybridized carbons (Fsp3) is 0.222. The van der Waals surface area contributed by atoms with E-state index < -0.39 is 18.0 Å². The Morgan fingerprint density at radius 1 is 1.00 bits per heavy atom. The minimum Gasteiger partial charge on any atom is -0.355 e. The molecule has 0 radical (unpaired) electrons. The quantitative estimate of drug-likeness (QED) is 0.488. The van der Waals surface area contributed by atoms with Gasteiger partial charge >= 0.3 is 6.03 Å². The summed E-state index contributed by atoms with van der Waals surface area (Å²) in [5.74, 6) is -0.605. The number of halogens is 1. The van der Waals surface area contributed by atoms with E-state index in [-0.39, 0.29) is 11.8 Å². The summed E-state index contributed by atoms with van der Waals surface area (Å²) in [5, 5.41) is 6.45. The lowest BCUT2D eigenvalue weighted by molar-refractivity contribution is -0.123. The van der Waals surface area contributed by atoms with Crippen molar-refractivity contribution in [1.82, 2.24) is 10.6 Å². The number of nitrogens with one attached hydrogen (secondary N) is 2. The molecule has 0 bridgehead atoms. The predicted octanol–water partition coefficient (Wildman–Crippen LogP) is 5.52. The van der Waals surface area contributed by atoms with E-state index in [0.717, 1.165) is 12.0 Å². The summed E-state index contributed by atoms with van der Waals surface area (Å²) < 4.78 is 0. The average Bonchev–Trinajstić information content (AvgIpc) is 2.82. The molecule has 3 aromatic carbocycles. The number of carbonyl (C=O) groups excluding carboxylic acids is 2. The third kappa shape index (κ3) is 5.49. The molecule has 6 heteroatoms. The van der Waals surface area contributed by atoms with Crippen LogP contribution in [0.5, 0.6) is 0 Å². The van der Waals surface area contributed by atoms with Gasteiger partial charge in [0.2, 0.25) is 5.91 Å². The number of aliphatic imine (C=N–C) groups is 1. The SMILES string of the molecule is CC1=NC(=O)NC(c2cccc(Cl)c2)C1C(=O)NCCC(c1ccccc1)c1ccccc1. The molecule has 168 valence electrons. The van der Waals surface area contributed by atoms with Crippen LogP contribution in [0.15, 0.2) is 89.9 Å². The fourth-order valence-electron chi connectivity index (χ4n) is 4.38. The Hall–Kier alpha value is -3.44. The number of nitrogens with zero attached hydrogens (tertiary/aromatic N) is 1. The van der Waals surface area contributed by atoms with E-state index in [0.29, 0.717) is 17.3 Å². The van der Waals surface area contributed by atoms with Crippen molar-refractivity contribution < 1.29 is 9.59 Å². The van der Waals surface area contributed by atoms with E-state index in [1.54, 1.807) is 19.1 Å². The molecule has 5 nitrogen and oxygen atoms in total. The second kappa shape index (κ2) is 10.5. The van der Waals surface area contributed by atoms with Crippen LogP contribution < -0.4 is 10.6 Å². The van der Waals surface area contributed by atoms with Gasteiger partial charge in [-0.15, -0.1) is 0 Å². The van der Waals surface area contributed by atoms with E-state index in [2.05, 4.69) is 39.9 Å². The lowest BCUT2D eigenvalue weighted by Gasteiger charge is -2.30. The van der Waals surface area contributed by atoms with Crippen LogP contribution in [0.2, 0.25) is 5.02 Å². The Labute approximate surface area is 198 Å². The molecule has 3 amide bonds. The summed E-state index contributed by atoms with van der Waals surface area (Å²) in [4.78, 5) is 29.3. The van der Waals surface area contributed by atoms with Gasteiger partial charge < -0.3 is 10.6 Å². The van der Waals surface area contributed by atoms with Gasteiger partial charge in [-0.2, -0.15) is 0 Å². The van der Waals surface area contributed by atoms with Gasteiger partial charge in [0.05, 0.1) is 6.04 Å². The molecule has 0 fully saturated rings. The Bertz CT molecular complexity index is 1110. The number of hydrogen-bond acceptors (Lipinski definition) is 2. The Morgan fingerprint density at radius 2 is 1.64 bits per heavy atom. The zero-order valence-electron chi connectivity index (χ0n) is 18.4. The highest BCUT2D eigenvalue weighted by atomic mass is 35.5. The van der Waals surface area contributed by atoms with Crippen molar-refractivity contribution in [1.29, 1.82) is 0 Å². The monoisotopic (exact) mass is 459 g/mol. The van der Waals surface area contributed by atoms with E-state index in [1.807, 2.05) is 48.5 Å². The molecule has 2 unspecified atom stereocenters. The standard InChI is InChI=1S/C27H26ClN3O2/c1-18-24(25(31-27(33)30-18)21-13-8-14-22(28)17-21)26(32)29-16-15-23(19-9-4-2-5-10-19)20-11-6-3-7-12-20/h2-14,17,23-25H,15-16H2,1H3,(H,29,32)(H,31,33). The van der Waals surface area contributed by atoms with Crippen molar-refractivity contribution in [2.24, 2.45) is 10.9 Å². The van der Waals surface area contributed by atoms with Crippen LogP contribution in [-0.2, 0) is 4.79 Å². The van der Waals surface area contributed by atoms with Crippen molar-refractivity contribution in [3.05, 3.63) is 107 Å². The first-order valence-electron chi connectivity index (χ1n) is 11.0. The number of urea groups is 1. The first-order valence-corrected chi connectivity index (χ1v) is 11.4. The van der Waals surface area contributed by atoms with E-state index in [4.69, 9.17) is 11.6 Å². The summed E-state index contributed by atoms with van der Waals surface area (Å²) in [6.45, 7) is 2.21. The summed E-state index contributed by atoms with van der Waals surface area (Å²) in [6, 6.07) is 26.8. The van der Waals surface area contributed by atoms with Crippen LogP contribution in [0.3, 0.4) is 0 Å². The largest absolute Gasteiger partial charge is 0.355 e. The number of carbonyl (C=O) groups is 2. The van der Waals surface area contributed by atoms with Gasteiger partial charge in [0.15, 0.2) is 0 Å². The van der Waals surface area contributed by atoms with Gasteiger partial charge in [-0.05, 0) is 42.2 Å². The van der Waals surface area contributed by atoms with Gasteiger partial charge in [-0.1, -0.05) is 84.4 Å². The highest BCUT2D eigenvalue weighted by molar-refractivity contribution is 6.30. The van der Waals surface area contributed by atoms with E-state index in [1.165, 1.54) is 11.1 Å². The van der Waals surface area contributed by atoms with Crippen LogP contribution in [-0.4, -0.2) is 24.2 Å². The van der Waals surface area contributed by atoms with Crippen molar-refractivity contribution >= 4 is 29.3 Å². The molecule has 0 saturated carbocycles. The summed E-state index contributed by atoms with van der Waals surface area (Å²) in [5.41, 5.74) is 3.68. The lowest BCUT2D eigenvalue weighted by atomic mass is 9.86. The third-order valence-corrected chi connectivity index (χ3v) is 6.20. The maximum atomic E-state index is 13.3. The number of amides is 3.